The molecule has 0 amide bonds. The van der Waals surface area contributed by atoms with Gasteiger partial charge in [0.2, 0.25) is 0 Å². The number of nitrogens with zero attached hydrogens (tertiary/aromatic N) is 2. The molecule has 0 spiro atoms. The molecule has 2 rings (SSSR count). The van der Waals surface area contributed by atoms with E-state index in [9.17, 15) is 0 Å². The predicted molar refractivity (Wildman–Crippen MR) is 123 cm³/mol. The molecule has 0 atom stereocenters. The van der Waals surface area contributed by atoms with E-state index in [0.29, 0.717) is 0 Å². The summed E-state index contributed by atoms with van der Waals surface area (Å²) < 4.78 is 5.45. The standard InChI is InChI=1S/C23H39N3OS/c1-3-5-6-7-13-24-23(28)26(15-8-14-25-16-18-27-19-17-25)20-22-11-9-21(4-2)10-12-22/h9-12H,3-8,13-20H2,1-2H3,(H,24,28). The van der Waals surface area contributed by atoms with Crippen molar-refractivity contribution >= 4 is 17.3 Å². The summed E-state index contributed by atoms with van der Waals surface area (Å²) in [5, 5.41) is 4.40. The van der Waals surface area contributed by atoms with Gasteiger partial charge in [-0.15, -0.1) is 0 Å². The molecule has 0 unspecified atom stereocenters. The Hall–Kier alpha value is -1.17. The topological polar surface area (TPSA) is 27.7 Å². The lowest BCUT2D eigenvalue weighted by Gasteiger charge is -2.29. The van der Waals surface area contributed by atoms with Gasteiger partial charge in [-0.2, -0.15) is 0 Å². The zero-order valence-electron chi connectivity index (χ0n) is 17.9. The minimum Gasteiger partial charge on any atom is -0.379 e. The van der Waals surface area contributed by atoms with Crippen molar-refractivity contribution in [2.24, 2.45) is 0 Å². The van der Waals surface area contributed by atoms with Gasteiger partial charge in [-0.25, -0.2) is 0 Å². The van der Waals surface area contributed by atoms with E-state index < -0.39 is 0 Å². The van der Waals surface area contributed by atoms with E-state index in [1.807, 2.05) is 0 Å². The van der Waals surface area contributed by atoms with Gasteiger partial charge in [0.1, 0.15) is 0 Å². The first-order valence-corrected chi connectivity index (χ1v) is 11.5. The van der Waals surface area contributed by atoms with Gasteiger partial charge in [0.25, 0.3) is 0 Å². The number of unbranched alkanes of at least 4 members (excludes halogenated alkanes) is 3. The molecule has 0 bridgehead atoms. The summed E-state index contributed by atoms with van der Waals surface area (Å²) in [7, 11) is 0. The summed E-state index contributed by atoms with van der Waals surface area (Å²) in [6.45, 7) is 12.3. The molecule has 1 aromatic carbocycles. The highest BCUT2D eigenvalue weighted by molar-refractivity contribution is 7.80. The molecule has 0 aliphatic carbocycles. The molecule has 1 saturated heterocycles. The van der Waals surface area contributed by atoms with Crippen LogP contribution in [-0.2, 0) is 17.7 Å². The molecular formula is C23H39N3OS. The Morgan fingerprint density at radius 3 is 2.43 bits per heavy atom. The van der Waals surface area contributed by atoms with Crippen molar-refractivity contribution in [3.63, 3.8) is 0 Å². The number of hydrogen-bond donors (Lipinski definition) is 1. The lowest BCUT2D eigenvalue weighted by molar-refractivity contribution is 0.0367. The van der Waals surface area contributed by atoms with Crippen LogP contribution in [0.5, 0.6) is 0 Å². The summed E-state index contributed by atoms with van der Waals surface area (Å²) in [5.74, 6) is 0. The van der Waals surface area contributed by atoms with Crippen molar-refractivity contribution < 1.29 is 4.74 Å². The quantitative estimate of drug-likeness (QED) is 0.415. The zero-order valence-corrected chi connectivity index (χ0v) is 18.7. The maximum atomic E-state index is 5.75. The van der Waals surface area contributed by atoms with Gasteiger partial charge in [0.15, 0.2) is 5.11 Å². The van der Waals surface area contributed by atoms with Gasteiger partial charge in [0, 0.05) is 39.3 Å². The fraction of sp³-hybridized carbons (Fsp3) is 0.696. The Labute approximate surface area is 177 Å². The van der Waals surface area contributed by atoms with Gasteiger partial charge in [0.05, 0.1) is 13.2 Å². The van der Waals surface area contributed by atoms with E-state index in [1.165, 1.54) is 36.8 Å². The number of rotatable bonds is 12. The van der Waals surface area contributed by atoms with Crippen molar-refractivity contribution in [1.29, 1.82) is 0 Å². The van der Waals surface area contributed by atoms with E-state index in [-0.39, 0.29) is 0 Å². The summed E-state index contributed by atoms with van der Waals surface area (Å²) in [6, 6.07) is 8.97. The van der Waals surface area contributed by atoms with Crippen molar-refractivity contribution in [2.75, 3.05) is 45.9 Å². The normalized spacial score (nSPS) is 14.8. The van der Waals surface area contributed by atoms with E-state index in [4.69, 9.17) is 17.0 Å². The van der Waals surface area contributed by atoms with Gasteiger partial charge in [-0.1, -0.05) is 57.4 Å². The van der Waals surface area contributed by atoms with Crippen molar-refractivity contribution in [3.05, 3.63) is 35.4 Å². The lowest BCUT2D eigenvalue weighted by Crippen LogP contribution is -2.42. The van der Waals surface area contributed by atoms with E-state index in [0.717, 1.165) is 70.4 Å². The molecule has 28 heavy (non-hydrogen) atoms. The number of benzene rings is 1. The molecule has 1 aromatic rings. The smallest absolute Gasteiger partial charge is 0.169 e. The molecule has 0 aromatic heterocycles. The van der Waals surface area contributed by atoms with Gasteiger partial charge < -0.3 is 15.0 Å². The zero-order chi connectivity index (χ0) is 20.0. The van der Waals surface area contributed by atoms with Crippen LogP contribution in [0.1, 0.15) is 57.1 Å². The van der Waals surface area contributed by atoms with Gasteiger partial charge in [-0.3, -0.25) is 4.90 Å². The number of aryl methyl sites for hydroxylation is 1. The molecule has 4 nitrogen and oxygen atoms in total. The molecule has 1 fully saturated rings. The third-order valence-corrected chi connectivity index (χ3v) is 5.81. The van der Waals surface area contributed by atoms with Crippen LogP contribution in [0.15, 0.2) is 24.3 Å². The first-order valence-electron chi connectivity index (χ1n) is 11.1. The lowest BCUT2D eigenvalue weighted by atomic mass is 10.1. The highest BCUT2D eigenvalue weighted by Crippen LogP contribution is 2.10. The second-order valence-corrected chi connectivity index (χ2v) is 8.08. The van der Waals surface area contributed by atoms with E-state index in [2.05, 4.69) is 53.2 Å². The van der Waals surface area contributed by atoms with Crippen LogP contribution in [-0.4, -0.2) is 60.8 Å². The Morgan fingerprint density at radius 2 is 1.75 bits per heavy atom. The molecule has 0 radical (unpaired) electrons. The van der Waals surface area contributed by atoms with Crippen LogP contribution in [0.25, 0.3) is 0 Å². The largest absolute Gasteiger partial charge is 0.379 e. The Bertz CT molecular complexity index is 543. The van der Waals surface area contributed by atoms with E-state index in [1.54, 1.807) is 0 Å². The van der Waals surface area contributed by atoms with Crippen molar-refractivity contribution in [2.45, 2.75) is 58.9 Å². The fourth-order valence-corrected chi connectivity index (χ4v) is 3.78. The summed E-state index contributed by atoms with van der Waals surface area (Å²) in [5.41, 5.74) is 2.72. The van der Waals surface area contributed by atoms with Crippen LogP contribution in [0.2, 0.25) is 0 Å². The third-order valence-electron chi connectivity index (χ3n) is 5.40. The van der Waals surface area contributed by atoms with Gasteiger partial charge in [-0.05, 0) is 42.6 Å². The maximum Gasteiger partial charge on any atom is 0.169 e. The highest BCUT2D eigenvalue weighted by Gasteiger charge is 2.13. The second kappa shape index (κ2) is 13.9. The molecule has 158 valence electrons. The first kappa shape index (κ1) is 23.1. The second-order valence-electron chi connectivity index (χ2n) is 7.69. The van der Waals surface area contributed by atoms with Crippen molar-refractivity contribution in [3.8, 4) is 0 Å². The fourth-order valence-electron chi connectivity index (χ4n) is 3.52. The SMILES string of the molecule is CCCCCCNC(=S)N(CCCN1CCOCC1)Cc1ccc(CC)cc1. The number of thiocarbonyl (C=S) groups is 1. The highest BCUT2D eigenvalue weighted by atomic mass is 32.1. The summed E-state index contributed by atoms with van der Waals surface area (Å²) >= 11 is 5.75. The van der Waals surface area contributed by atoms with Crippen LogP contribution in [0.3, 0.4) is 0 Å². The van der Waals surface area contributed by atoms with Crippen LogP contribution in [0.4, 0.5) is 0 Å². The average Bonchev–Trinajstić information content (AvgIpc) is 2.74. The minimum absolute atomic E-state index is 0.866. The van der Waals surface area contributed by atoms with E-state index >= 15 is 0 Å². The number of nitrogens with one attached hydrogen (secondary N) is 1. The number of morpholine rings is 1. The molecule has 0 saturated carbocycles. The molecule has 5 heteroatoms. The summed E-state index contributed by atoms with van der Waals surface area (Å²) in [4.78, 5) is 4.84. The molecule has 1 heterocycles. The number of hydrogen-bond acceptors (Lipinski definition) is 3. The molecule has 1 N–H and O–H groups in total. The Morgan fingerprint density at radius 1 is 1.04 bits per heavy atom. The average molecular weight is 406 g/mol. The molecule has 1 aliphatic heterocycles. The van der Waals surface area contributed by atoms with Crippen LogP contribution in [0, 0.1) is 0 Å². The Kier molecular flexibility index (Phi) is 11.5. The summed E-state index contributed by atoms with van der Waals surface area (Å²) in [6.07, 6.45) is 7.27. The first-order chi connectivity index (χ1) is 13.7. The van der Waals surface area contributed by atoms with Gasteiger partial charge >= 0.3 is 0 Å². The minimum atomic E-state index is 0.866. The molecular weight excluding hydrogens is 366 g/mol. The van der Waals surface area contributed by atoms with Crippen molar-refractivity contribution in [1.82, 2.24) is 15.1 Å². The Balaban J connectivity index is 1.84. The van der Waals surface area contributed by atoms with Crippen LogP contribution >= 0.6 is 12.2 Å². The molecule has 1 aliphatic rings. The third kappa shape index (κ3) is 8.89. The van der Waals surface area contributed by atoms with Crippen LogP contribution < -0.4 is 5.32 Å². The monoisotopic (exact) mass is 405 g/mol. The predicted octanol–water partition coefficient (Wildman–Crippen LogP) is 4.23. The maximum absolute atomic E-state index is 5.75. The number of ether oxygens (including phenoxy) is 1.